The molecule has 0 amide bonds. The molecule has 5 heteroatoms. The van der Waals surface area contributed by atoms with E-state index in [0.29, 0.717) is 18.8 Å². The molecule has 0 saturated carbocycles. The molecule has 0 N–H and O–H groups in total. The second-order valence-corrected chi connectivity index (χ2v) is 5.68. The van der Waals surface area contributed by atoms with Gasteiger partial charge in [0.2, 0.25) is 0 Å². The summed E-state index contributed by atoms with van der Waals surface area (Å²) in [5, 5.41) is 0. The van der Waals surface area contributed by atoms with Crippen molar-refractivity contribution in [3.8, 4) is 0 Å². The summed E-state index contributed by atoms with van der Waals surface area (Å²) in [5.74, 6) is -0.350. The number of ether oxygens (including phenoxy) is 1. The lowest BCUT2D eigenvalue weighted by atomic mass is 9.73. The van der Waals surface area contributed by atoms with Crippen LogP contribution in [0.5, 0.6) is 0 Å². The average Bonchev–Trinajstić information content (AvgIpc) is 2.39. The number of aryl methyl sites for hydroxylation is 1. The number of rotatable bonds is 2. The summed E-state index contributed by atoms with van der Waals surface area (Å²) in [6.07, 6.45) is 0. The Labute approximate surface area is 114 Å². The van der Waals surface area contributed by atoms with Crippen LogP contribution in [0.4, 0.5) is 0 Å². The van der Waals surface area contributed by atoms with E-state index in [0.717, 1.165) is 11.0 Å². The molecule has 0 bridgehead atoms. The van der Waals surface area contributed by atoms with Crippen LogP contribution in [0, 0.1) is 12.3 Å². The van der Waals surface area contributed by atoms with Gasteiger partial charge in [-0.3, -0.25) is 0 Å². The van der Waals surface area contributed by atoms with Crippen LogP contribution in [0.25, 0.3) is 0 Å². The number of hydrogen-bond acceptors (Lipinski definition) is 4. The van der Waals surface area contributed by atoms with Crippen LogP contribution in [0.3, 0.4) is 0 Å². The quantitative estimate of drug-likeness (QED) is 0.599. The highest BCUT2D eigenvalue weighted by molar-refractivity contribution is 6.62. The van der Waals surface area contributed by atoms with E-state index >= 15 is 0 Å². The van der Waals surface area contributed by atoms with Crippen molar-refractivity contribution < 1.29 is 18.8 Å². The minimum Gasteiger partial charge on any atom is -0.465 e. The van der Waals surface area contributed by atoms with Gasteiger partial charge < -0.3 is 14.0 Å². The highest BCUT2D eigenvalue weighted by atomic mass is 16.6. The molecule has 0 spiro atoms. The van der Waals surface area contributed by atoms with Gasteiger partial charge in [-0.15, -0.1) is 0 Å². The maximum atomic E-state index is 11.6. The Kier molecular flexibility index (Phi) is 3.97. The summed E-state index contributed by atoms with van der Waals surface area (Å²) in [7, 11) is 0.968. The highest BCUT2D eigenvalue weighted by Gasteiger charge is 2.34. The molecule has 1 saturated heterocycles. The highest BCUT2D eigenvalue weighted by Crippen LogP contribution is 2.22. The third-order valence-corrected chi connectivity index (χ3v) is 3.21. The Morgan fingerprint density at radius 1 is 1.32 bits per heavy atom. The van der Waals surface area contributed by atoms with Crippen LogP contribution in [-0.4, -0.2) is 33.4 Å². The van der Waals surface area contributed by atoms with Crippen molar-refractivity contribution in [2.75, 3.05) is 20.3 Å². The fraction of sp³-hybridized carbons (Fsp3) is 0.500. The fourth-order valence-corrected chi connectivity index (χ4v) is 2.01. The number of benzene rings is 1. The molecule has 0 unspecified atom stereocenters. The van der Waals surface area contributed by atoms with Crippen molar-refractivity contribution in [3.05, 3.63) is 29.3 Å². The second-order valence-electron chi connectivity index (χ2n) is 5.68. The smallest absolute Gasteiger partial charge is 0.465 e. The van der Waals surface area contributed by atoms with Gasteiger partial charge in [-0.05, 0) is 24.5 Å². The molecule has 1 aliphatic rings. The Balaban J connectivity index is 2.22. The number of esters is 1. The van der Waals surface area contributed by atoms with Gasteiger partial charge in [0.1, 0.15) is 0 Å². The van der Waals surface area contributed by atoms with Gasteiger partial charge in [-0.1, -0.05) is 25.5 Å². The van der Waals surface area contributed by atoms with Crippen LogP contribution in [0.2, 0.25) is 0 Å². The topological polar surface area (TPSA) is 44.8 Å². The van der Waals surface area contributed by atoms with Gasteiger partial charge in [-0.2, -0.15) is 0 Å². The molecule has 0 aliphatic carbocycles. The van der Waals surface area contributed by atoms with Crippen molar-refractivity contribution >= 4 is 18.6 Å². The average molecular weight is 262 g/mol. The van der Waals surface area contributed by atoms with Crippen LogP contribution >= 0.6 is 0 Å². The standard InChI is InChI=1S/C14H19BO4/c1-10-5-6-11(13(16)17-4)7-12(10)15-18-8-14(2,3)9-19-15/h5-7H,8-9H2,1-4H3. The lowest BCUT2D eigenvalue weighted by molar-refractivity contribution is 0.0342. The van der Waals surface area contributed by atoms with Crippen LogP contribution in [-0.2, 0) is 14.0 Å². The Morgan fingerprint density at radius 2 is 1.95 bits per heavy atom. The minimum absolute atomic E-state index is 0.0321. The van der Waals surface area contributed by atoms with Gasteiger partial charge >= 0.3 is 13.1 Å². The Morgan fingerprint density at radius 3 is 2.53 bits per heavy atom. The van der Waals surface area contributed by atoms with Gasteiger partial charge in [0, 0.05) is 18.6 Å². The first-order valence-electron chi connectivity index (χ1n) is 6.35. The van der Waals surface area contributed by atoms with E-state index in [9.17, 15) is 4.79 Å². The van der Waals surface area contributed by atoms with Crippen molar-refractivity contribution in [2.24, 2.45) is 5.41 Å². The molecule has 19 heavy (non-hydrogen) atoms. The van der Waals surface area contributed by atoms with E-state index in [1.54, 1.807) is 12.1 Å². The molecule has 1 aromatic carbocycles. The molecule has 0 aromatic heterocycles. The second kappa shape index (κ2) is 5.35. The van der Waals surface area contributed by atoms with Crippen LogP contribution in [0.1, 0.15) is 29.8 Å². The first kappa shape index (κ1) is 14.1. The summed E-state index contributed by atoms with van der Waals surface area (Å²) in [6, 6.07) is 5.41. The fourth-order valence-electron chi connectivity index (χ4n) is 2.01. The summed E-state index contributed by atoms with van der Waals surface area (Å²) in [6.45, 7) is 7.45. The van der Waals surface area contributed by atoms with E-state index in [2.05, 4.69) is 13.8 Å². The van der Waals surface area contributed by atoms with E-state index in [1.807, 2.05) is 13.0 Å². The van der Waals surface area contributed by atoms with Crippen molar-refractivity contribution in [1.29, 1.82) is 0 Å². The lowest BCUT2D eigenvalue weighted by Crippen LogP contribution is -2.48. The van der Waals surface area contributed by atoms with Gasteiger partial charge in [0.25, 0.3) is 0 Å². The Bertz CT molecular complexity index is 474. The molecule has 0 atom stereocenters. The predicted octanol–water partition coefficient (Wildman–Crippen LogP) is 1.55. The lowest BCUT2D eigenvalue weighted by Gasteiger charge is -2.33. The van der Waals surface area contributed by atoms with Crippen molar-refractivity contribution in [3.63, 3.8) is 0 Å². The van der Waals surface area contributed by atoms with Crippen LogP contribution < -0.4 is 5.46 Å². The zero-order valence-corrected chi connectivity index (χ0v) is 11.9. The Hall–Kier alpha value is -1.33. The summed E-state index contributed by atoms with van der Waals surface area (Å²) < 4.78 is 16.2. The molecule has 1 aliphatic heterocycles. The molecular weight excluding hydrogens is 243 g/mol. The number of carbonyl (C=O) groups excluding carboxylic acids is 1. The van der Waals surface area contributed by atoms with E-state index in [1.165, 1.54) is 7.11 Å². The summed E-state index contributed by atoms with van der Waals surface area (Å²) in [4.78, 5) is 11.6. The zero-order chi connectivity index (χ0) is 14.0. The maximum absolute atomic E-state index is 11.6. The van der Waals surface area contributed by atoms with Gasteiger partial charge in [-0.25, -0.2) is 4.79 Å². The van der Waals surface area contributed by atoms with Gasteiger partial charge in [0.15, 0.2) is 0 Å². The van der Waals surface area contributed by atoms with E-state index < -0.39 is 7.12 Å². The van der Waals surface area contributed by atoms with Crippen LogP contribution in [0.15, 0.2) is 18.2 Å². The molecule has 2 rings (SSSR count). The normalized spacial score (nSPS) is 18.2. The minimum atomic E-state index is -0.405. The number of carbonyl (C=O) groups is 1. The molecule has 4 nitrogen and oxygen atoms in total. The van der Waals surface area contributed by atoms with Crippen molar-refractivity contribution in [1.82, 2.24) is 0 Å². The monoisotopic (exact) mass is 262 g/mol. The van der Waals surface area contributed by atoms with Crippen molar-refractivity contribution in [2.45, 2.75) is 20.8 Å². The third kappa shape index (κ3) is 3.17. The first-order chi connectivity index (χ1) is 8.93. The predicted molar refractivity (Wildman–Crippen MR) is 73.6 cm³/mol. The number of hydrogen-bond donors (Lipinski definition) is 0. The molecular formula is C14H19BO4. The molecule has 102 valence electrons. The zero-order valence-electron chi connectivity index (χ0n) is 11.9. The molecule has 1 aromatic rings. The van der Waals surface area contributed by atoms with Gasteiger partial charge in [0.05, 0.1) is 12.7 Å². The molecule has 1 fully saturated rings. The first-order valence-corrected chi connectivity index (χ1v) is 6.35. The summed E-state index contributed by atoms with van der Waals surface area (Å²) >= 11 is 0. The summed E-state index contributed by atoms with van der Waals surface area (Å²) in [5.41, 5.74) is 2.47. The molecule has 0 radical (unpaired) electrons. The third-order valence-electron chi connectivity index (χ3n) is 3.21. The number of methoxy groups -OCH3 is 1. The molecule has 1 heterocycles. The van der Waals surface area contributed by atoms with E-state index in [-0.39, 0.29) is 11.4 Å². The van der Waals surface area contributed by atoms with E-state index in [4.69, 9.17) is 14.0 Å². The maximum Gasteiger partial charge on any atom is 0.494 e. The largest absolute Gasteiger partial charge is 0.494 e. The SMILES string of the molecule is COC(=O)c1ccc(C)c(B2OCC(C)(C)CO2)c1.